The monoisotopic (exact) mass is 389 g/mol. The molecule has 0 saturated carbocycles. The summed E-state index contributed by atoms with van der Waals surface area (Å²) in [6, 6.07) is 5.87. The molecule has 146 valence electrons. The number of carbonyl (C=O) groups excluding carboxylic acids is 1. The molecule has 1 amide bonds. The van der Waals surface area contributed by atoms with E-state index in [0.29, 0.717) is 43.3 Å². The van der Waals surface area contributed by atoms with Crippen molar-refractivity contribution in [1.29, 1.82) is 0 Å². The molecule has 2 rings (SSSR count). The standard InChI is InChI=1S/C20H27N3O3S/c1-5-16-15(13-22-20(23-16)27-4)19(24)21-11-10-14-8-9-17(25-6-2)18(12-14)26-7-3/h8-9,12-13H,5-7,10-11H2,1-4H3,(H,21,24). The summed E-state index contributed by atoms with van der Waals surface area (Å²) in [6.07, 6.45) is 4.91. The van der Waals surface area contributed by atoms with Gasteiger partial charge in [-0.3, -0.25) is 4.79 Å². The Bertz CT molecular complexity index is 768. The van der Waals surface area contributed by atoms with Crippen molar-refractivity contribution < 1.29 is 14.3 Å². The zero-order chi connectivity index (χ0) is 19.6. The van der Waals surface area contributed by atoms with Crippen LogP contribution in [0.25, 0.3) is 0 Å². The molecule has 0 spiro atoms. The lowest BCUT2D eigenvalue weighted by Crippen LogP contribution is -2.27. The van der Waals surface area contributed by atoms with E-state index in [0.717, 1.165) is 22.8 Å². The first-order chi connectivity index (χ1) is 13.1. The van der Waals surface area contributed by atoms with E-state index < -0.39 is 0 Å². The van der Waals surface area contributed by atoms with E-state index in [9.17, 15) is 4.79 Å². The number of nitrogens with zero attached hydrogens (tertiary/aromatic N) is 2. The third-order valence-electron chi connectivity index (χ3n) is 3.91. The van der Waals surface area contributed by atoms with Crippen LogP contribution in [-0.4, -0.2) is 41.9 Å². The van der Waals surface area contributed by atoms with Gasteiger partial charge in [0.15, 0.2) is 16.7 Å². The minimum atomic E-state index is -0.143. The summed E-state index contributed by atoms with van der Waals surface area (Å²) < 4.78 is 11.2. The molecule has 1 aromatic carbocycles. The predicted octanol–water partition coefficient (Wildman–Crippen LogP) is 3.53. The normalized spacial score (nSPS) is 10.5. The van der Waals surface area contributed by atoms with Crippen molar-refractivity contribution in [2.75, 3.05) is 26.0 Å². The highest BCUT2D eigenvalue weighted by atomic mass is 32.2. The molecule has 27 heavy (non-hydrogen) atoms. The van der Waals surface area contributed by atoms with Gasteiger partial charge in [-0.2, -0.15) is 0 Å². The summed E-state index contributed by atoms with van der Waals surface area (Å²) in [5, 5.41) is 3.63. The highest BCUT2D eigenvalue weighted by Crippen LogP contribution is 2.28. The molecule has 0 aliphatic heterocycles. The second kappa shape index (κ2) is 10.8. The lowest BCUT2D eigenvalue weighted by molar-refractivity contribution is 0.0952. The van der Waals surface area contributed by atoms with Gasteiger partial charge in [0.25, 0.3) is 5.91 Å². The van der Waals surface area contributed by atoms with Gasteiger partial charge in [-0.05, 0) is 50.6 Å². The van der Waals surface area contributed by atoms with E-state index in [4.69, 9.17) is 9.47 Å². The average Bonchev–Trinajstić information content (AvgIpc) is 2.69. The number of amides is 1. The maximum atomic E-state index is 12.5. The Morgan fingerprint density at radius 1 is 1.15 bits per heavy atom. The van der Waals surface area contributed by atoms with Gasteiger partial charge in [0.2, 0.25) is 0 Å². The second-order valence-electron chi connectivity index (χ2n) is 5.72. The summed E-state index contributed by atoms with van der Waals surface area (Å²) in [5.41, 5.74) is 2.38. The molecule has 0 saturated heterocycles. The number of hydrogen-bond donors (Lipinski definition) is 1. The van der Waals surface area contributed by atoms with Gasteiger partial charge < -0.3 is 14.8 Å². The van der Waals surface area contributed by atoms with Crippen molar-refractivity contribution in [2.24, 2.45) is 0 Å². The third kappa shape index (κ3) is 5.85. The van der Waals surface area contributed by atoms with Crippen molar-refractivity contribution in [2.45, 2.75) is 38.8 Å². The predicted molar refractivity (Wildman–Crippen MR) is 108 cm³/mol. The largest absolute Gasteiger partial charge is 0.490 e. The lowest BCUT2D eigenvalue weighted by Gasteiger charge is -2.13. The van der Waals surface area contributed by atoms with Crippen molar-refractivity contribution in [3.63, 3.8) is 0 Å². The average molecular weight is 390 g/mol. The molecule has 7 heteroatoms. The fourth-order valence-corrected chi connectivity index (χ4v) is 2.98. The summed E-state index contributed by atoms with van der Waals surface area (Å²) in [6.45, 7) is 7.56. The topological polar surface area (TPSA) is 73.3 Å². The van der Waals surface area contributed by atoms with Crippen molar-refractivity contribution in [3.05, 3.63) is 41.2 Å². The Kier molecular flexibility index (Phi) is 8.39. The molecular formula is C20H27N3O3S. The van der Waals surface area contributed by atoms with E-state index in [2.05, 4.69) is 15.3 Å². The van der Waals surface area contributed by atoms with Crippen LogP contribution in [0.1, 0.15) is 42.4 Å². The molecule has 0 radical (unpaired) electrons. The van der Waals surface area contributed by atoms with Crippen LogP contribution in [0.5, 0.6) is 11.5 Å². The van der Waals surface area contributed by atoms with Gasteiger partial charge in [0.05, 0.1) is 24.5 Å². The highest BCUT2D eigenvalue weighted by molar-refractivity contribution is 7.98. The quantitative estimate of drug-likeness (QED) is 0.495. The van der Waals surface area contributed by atoms with Crippen molar-refractivity contribution in [1.82, 2.24) is 15.3 Å². The molecule has 0 bridgehead atoms. The zero-order valence-electron chi connectivity index (χ0n) is 16.4. The summed E-state index contributed by atoms with van der Waals surface area (Å²) in [5.74, 6) is 1.33. The highest BCUT2D eigenvalue weighted by Gasteiger charge is 2.13. The summed E-state index contributed by atoms with van der Waals surface area (Å²) in [4.78, 5) is 21.1. The molecule has 2 aromatic rings. The van der Waals surface area contributed by atoms with Gasteiger partial charge in [-0.15, -0.1) is 0 Å². The van der Waals surface area contributed by atoms with E-state index in [1.165, 1.54) is 11.8 Å². The molecule has 0 aliphatic carbocycles. The van der Waals surface area contributed by atoms with Crippen LogP contribution in [-0.2, 0) is 12.8 Å². The minimum Gasteiger partial charge on any atom is -0.490 e. The number of carbonyl (C=O) groups is 1. The van der Waals surface area contributed by atoms with Gasteiger partial charge >= 0.3 is 0 Å². The minimum absolute atomic E-state index is 0.143. The Balaban J connectivity index is 1.99. The molecule has 1 heterocycles. The molecule has 0 unspecified atom stereocenters. The number of ether oxygens (including phenoxy) is 2. The number of thioether (sulfide) groups is 1. The van der Waals surface area contributed by atoms with Crippen LogP contribution in [0, 0.1) is 0 Å². The Hall–Kier alpha value is -2.28. The fraction of sp³-hybridized carbons (Fsp3) is 0.450. The van der Waals surface area contributed by atoms with Gasteiger partial charge in [-0.25, -0.2) is 9.97 Å². The number of nitrogens with one attached hydrogen (secondary N) is 1. The van der Waals surface area contributed by atoms with E-state index in [1.807, 2.05) is 45.2 Å². The number of aryl methyl sites for hydroxylation is 1. The smallest absolute Gasteiger partial charge is 0.254 e. The number of rotatable bonds is 10. The molecule has 0 aliphatic rings. The molecule has 1 N–H and O–H groups in total. The lowest BCUT2D eigenvalue weighted by atomic mass is 10.1. The Morgan fingerprint density at radius 2 is 1.89 bits per heavy atom. The molecule has 0 atom stereocenters. The van der Waals surface area contributed by atoms with Crippen LogP contribution in [0.3, 0.4) is 0 Å². The maximum Gasteiger partial charge on any atom is 0.254 e. The maximum absolute atomic E-state index is 12.5. The summed E-state index contributed by atoms with van der Waals surface area (Å²) >= 11 is 1.47. The number of hydrogen-bond acceptors (Lipinski definition) is 6. The van der Waals surface area contributed by atoms with Crippen molar-refractivity contribution in [3.8, 4) is 11.5 Å². The van der Waals surface area contributed by atoms with Crippen LogP contribution in [0.2, 0.25) is 0 Å². The molecule has 6 nitrogen and oxygen atoms in total. The zero-order valence-corrected chi connectivity index (χ0v) is 17.2. The first-order valence-corrected chi connectivity index (χ1v) is 10.4. The second-order valence-corrected chi connectivity index (χ2v) is 6.50. The molecule has 1 aromatic heterocycles. The van der Waals surface area contributed by atoms with Crippen LogP contribution in [0.4, 0.5) is 0 Å². The van der Waals surface area contributed by atoms with E-state index >= 15 is 0 Å². The number of benzene rings is 1. The molecule has 0 fully saturated rings. The first-order valence-electron chi connectivity index (χ1n) is 9.19. The van der Waals surface area contributed by atoms with Crippen molar-refractivity contribution >= 4 is 17.7 Å². The summed E-state index contributed by atoms with van der Waals surface area (Å²) in [7, 11) is 0. The van der Waals surface area contributed by atoms with Gasteiger partial charge in [-0.1, -0.05) is 24.8 Å². The van der Waals surface area contributed by atoms with E-state index in [1.54, 1.807) is 6.20 Å². The Morgan fingerprint density at radius 3 is 2.56 bits per heavy atom. The fourth-order valence-electron chi connectivity index (χ4n) is 2.62. The third-order valence-corrected chi connectivity index (χ3v) is 4.48. The van der Waals surface area contributed by atoms with Crippen LogP contribution >= 0.6 is 11.8 Å². The van der Waals surface area contributed by atoms with Gasteiger partial charge in [0, 0.05) is 12.7 Å². The Labute approximate surface area is 165 Å². The van der Waals surface area contributed by atoms with E-state index in [-0.39, 0.29) is 5.91 Å². The van der Waals surface area contributed by atoms with Crippen LogP contribution < -0.4 is 14.8 Å². The first kappa shape index (κ1) is 21.0. The van der Waals surface area contributed by atoms with Crippen LogP contribution in [0.15, 0.2) is 29.6 Å². The molecular weight excluding hydrogens is 362 g/mol. The van der Waals surface area contributed by atoms with Gasteiger partial charge in [0.1, 0.15) is 0 Å². The SMILES string of the molecule is CCOc1ccc(CCNC(=O)c2cnc(SC)nc2CC)cc1OCC. The number of aromatic nitrogens is 2.